The Morgan fingerprint density at radius 2 is 1.82 bits per heavy atom. The van der Waals surface area contributed by atoms with Crippen molar-refractivity contribution in [3.05, 3.63) is 0 Å². The average molecular weight is 239 g/mol. The van der Waals surface area contributed by atoms with E-state index in [2.05, 4.69) is 10.3 Å². The molecule has 0 amide bonds. The van der Waals surface area contributed by atoms with Crippen LogP contribution in [0.25, 0.3) is 0 Å². The lowest BCUT2D eigenvalue weighted by Gasteiger charge is -2.24. The van der Waals surface area contributed by atoms with Crippen molar-refractivity contribution in [1.82, 2.24) is 5.32 Å². The van der Waals surface area contributed by atoms with Gasteiger partial charge in [-0.25, -0.2) is 0 Å². The monoisotopic (exact) mass is 239 g/mol. The van der Waals surface area contributed by atoms with E-state index in [1.165, 1.54) is 32.1 Å². The van der Waals surface area contributed by atoms with Crippen LogP contribution in [0.5, 0.6) is 0 Å². The maximum atomic E-state index is 5.93. The third-order valence-electron chi connectivity index (χ3n) is 3.82. The minimum Gasteiger partial charge on any atom is -0.381 e. The molecular formula is C13H25N3O. The minimum absolute atomic E-state index is 0.558. The molecule has 0 unspecified atom stereocenters. The minimum atomic E-state index is 0.558. The molecule has 1 aliphatic carbocycles. The summed E-state index contributed by atoms with van der Waals surface area (Å²) in [5.74, 6) is 1.30. The fourth-order valence-electron chi connectivity index (χ4n) is 2.66. The summed E-state index contributed by atoms with van der Waals surface area (Å²) in [6.45, 7) is 2.63. The fraction of sp³-hybridized carbons (Fsp3) is 0.923. The fourth-order valence-corrected chi connectivity index (χ4v) is 2.66. The van der Waals surface area contributed by atoms with E-state index in [9.17, 15) is 0 Å². The highest BCUT2D eigenvalue weighted by atomic mass is 16.5. The van der Waals surface area contributed by atoms with Crippen LogP contribution in [-0.2, 0) is 4.74 Å². The van der Waals surface area contributed by atoms with Gasteiger partial charge < -0.3 is 15.8 Å². The van der Waals surface area contributed by atoms with Crippen LogP contribution in [0.15, 0.2) is 4.99 Å². The second-order valence-electron chi connectivity index (χ2n) is 5.26. The van der Waals surface area contributed by atoms with E-state index in [0.717, 1.165) is 32.6 Å². The molecule has 0 aromatic carbocycles. The molecule has 0 atom stereocenters. The van der Waals surface area contributed by atoms with Gasteiger partial charge in [-0.2, -0.15) is 0 Å². The van der Waals surface area contributed by atoms with E-state index in [1.807, 2.05) is 0 Å². The highest BCUT2D eigenvalue weighted by molar-refractivity contribution is 5.78. The third kappa shape index (κ3) is 4.54. The zero-order valence-electron chi connectivity index (χ0n) is 10.7. The molecule has 17 heavy (non-hydrogen) atoms. The van der Waals surface area contributed by atoms with E-state index >= 15 is 0 Å². The summed E-state index contributed by atoms with van der Waals surface area (Å²) in [5.41, 5.74) is 5.93. The van der Waals surface area contributed by atoms with Gasteiger partial charge in [-0.05, 0) is 31.6 Å². The molecule has 1 aliphatic heterocycles. The van der Waals surface area contributed by atoms with Crippen LogP contribution in [0.2, 0.25) is 0 Å². The molecule has 0 radical (unpaired) electrons. The molecule has 4 nitrogen and oxygen atoms in total. The Morgan fingerprint density at radius 1 is 1.12 bits per heavy atom. The van der Waals surface area contributed by atoms with Gasteiger partial charge in [0.1, 0.15) is 0 Å². The lowest BCUT2D eigenvalue weighted by Crippen LogP contribution is -2.41. The van der Waals surface area contributed by atoms with Crippen LogP contribution in [0.4, 0.5) is 0 Å². The molecule has 2 aliphatic rings. The average Bonchev–Trinajstić information content (AvgIpc) is 2.39. The maximum absolute atomic E-state index is 5.93. The normalized spacial score (nSPS) is 24.8. The summed E-state index contributed by atoms with van der Waals surface area (Å²) in [7, 11) is 0. The Kier molecular flexibility index (Phi) is 5.10. The number of hydrogen-bond donors (Lipinski definition) is 2. The first-order valence-electron chi connectivity index (χ1n) is 6.99. The number of nitrogens with two attached hydrogens (primary N) is 1. The molecule has 0 bridgehead atoms. The maximum Gasteiger partial charge on any atom is 0.188 e. The van der Waals surface area contributed by atoms with Gasteiger partial charge in [-0.3, -0.25) is 4.99 Å². The van der Waals surface area contributed by atoms with Crippen molar-refractivity contribution < 1.29 is 4.74 Å². The molecule has 4 heteroatoms. The Balaban J connectivity index is 1.68. The molecule has 98 valence electrons. The van der Waals surface area contributed by atoms with E-state index in [1.54, 1.807) is 0 Å². The lowest BCUT2D eigenvalue weighted by atomic mass is 9.96. The van der Waals surface area contributed by atoms with Crippen molar-refractivity contribution in [3.8, 4) is 0 Å². The molecule has 3 N–H and O–H groups in total. The van der Waals surface area contributed by atoms with Crippen molar-refractivity contribution in [2.45, 2.75) is 51.0 Å². The summed E-state index contributed by atoms with van der Waals surface area (Å²) < 4.78 is 5.33. The predicted octanol–water partition coefficient (Wildman–Crippen LogP) is 1.65. The zero-order chi connectivity index (χ0) is 11.9. The van der Waals surface area contributed by atoms with Gasteiger partial charge in [-0.1, -0.05) is 19.3 Å². The summed E-state index contributed by atoms with van der Waals surface area (Å²) in [5, 5.41) is 3.35. The van der Waals surface area contributed by atoms with Crippen molar-refractivity contribution in [2.24, 2.45) is 16.6 Å². The molecule has 0 aromatic rings. The molecule has 1 saturated heterocycles. The topological polar surface area (TPSA) is 59.6 Å². The van der Waals surface area contributed by atoms with Gasteiger partial charge in [0.05, 0.1) is 0 Å². The van der Waals surface area contributed by atoms with Crippen molar-refractivity contribution in [3.63, 3.8) is 0 Å². The smallest absolute Gasteiger partial charge is 0.188 e. The number of ether oxygens (including phenoxy) is 1. The SMILES string of the molecule is NC(=NCC1CCOCC1)NC1CCCCC1. The first kappa shape index (κ1) is 12.7. The van der Waals surface area contributed by atoms with Crippen LogP contribution in [0, 0.1) is 5.92 Å². The van der Waals surface area contributed by atoms with E-state index in [0.29, 0.717) is 17.9 Å². The summed E-state index contributed by atoms with van der Waals surface area (Å²) >= 11 is 0. The Hall–Kier alpha value is -0.770. The molecule has 2 rings (SSSR count). The molecule has 0 aromatic heterocycles. The van der Waals surface area contributed by atoms with Gasteiger partial charge in [-0.15, -0.1) is 0 Å². The van der Waals surface area contributed by atoms with Crippen LogP contribution in [0.1, 0.15) is 44.9 Å². The van der Waals surface area contributed by atoms with Gasteiger partial charge >= 0.3 is 0 Å². The van der Waals surface area contributed by atoms with Crippen molar-refractivity contribution in [2.75, 3.05) is 19.8 Å². The number of nitrogens with one attached hydrogen (secondary N) is 1. The zero-order valence-corrected chi connectivity index (χ0v) is 10.7. The highest BCUT2D eigenvalue weighted by Crippen LogP contribution is 2.17. The van der Waals surface area contributed by atoms with Crippen LogP contribution >= 0.6 is 0 Å². The van der Waals surface area contributed by atoms with Gasteiger partial charge in [0.2, 0.25) is 0 Å². The van der Waals surface area contributed by atoms with Crippen molar-refractivity contribution >= 4 is 5.96 Å². The third-order valence-corrected chi connectivity index (χ3v) is 3.82. The van der Waals surface area contributed by atoms with E-state index < -0.39 is 0 Å². The molecule has 2 fully saturated rings. The quantitative estimate of drug-likeness (QED) is 0.581. The number of hydrogen-bond acceptors (Lipinski definition) is 2. The standard InChI is InChI=1S/C13H25N3O/c14-13(16-12-4-2-1-3-5-12)15-10-11-6-8-17-9-7-11/h11-12H,1-10H2,(H3,14,15,16). The molecule has 1 saturated carbocycles. The second kappa shape index (κ2) is 6.84. The van der Waals surface area contributed by atoms with E-state index in [-0.39, 0.29) is 0 Å². The summed E-state index contributed by atoms with van der Waals surface area (Å²) in [6, 6.07) is 0.558. The van der Waals surface area contributed by atoms with E-state index in [4.69, 9.17) is 10.5 Å². The summed E-state index contributed by atoms with van der Waals surface area (Å²) in [4.78, 5) is 4.47. The number of aliphatic imine (C=N–C) groups is 1. The van der Waals surface area contributed by atoms with Gasteiger partial charge in [0.25, 0.3) is 0 Å². The number of guanidine groups is 1. The van der Waals surface area contributed by atoms with Crippen LogP contribution in [-0.4, -0.2) is 31.8 Å². The molecule has 0 spiro atoms. The Morgan fingerprint density at radius 3 is 2.53 bits per heavy atom. The highest BCUT2D eigenvalue weighted by Gasteiger charge is 2.15. The first-order valence-corrected chi connectivity index (χ1v) is 6.99. The lowest BCUT2D eigenvalue weighted by molar-refractivity contribution is 0.0689. The second-order valence-corrected chi connectivity index (χ2v) is 5.26. The molecule has 1 heterocycles. The van der Waals surface area contributed by atoms with Crippen LogP contribution in [0.3, 0.4) is 0 Å². The first-order chi connectivity index (χ1) is 8.34. The largest absolute Gasteiger partial charge is 0.381 e. The van der Waals surface area contributed by atoms with Gasteiger partial charge in [0.15, 0.2) is 5.96 Å². The van der Waals surface area contributed by atoms with Crippen molar-refractivity contribution in [1.29, 1.82) is 0 Å². The number of rotatable bonds is 3. The van der Waals surface area contributed by atoms with Crippen LogP contribution < -0.4 is 11.1 Å². The number of nitrogens with zero attached hydrogens (tertiary/aromatic N) is 1. The molecular weight excluding hydrogens is 214 g/mol. The predicted molar refractivity (Wildman–Crippen MR) is 70.0 cm³/mol. The Labute approximate surface area is 104 Å². The van der Waals surface area contributed by atoms with Gasteiger partial charge in [0, 0.05) is 25.8 Å². The Bertz CT molecular complexity index is 243. The summed E-state index contributed by atoms with van der Waals surface area (Å²) in [6.07, 6.45) is 8.76.